The van der Waals surface area contributed by atoms with Crippen LogP contribution in [0, 0.1) is 41.8 Å². The molecule has 0 aliphatic rings. The molecule has 0 aliphatic heterocycles. The Morgan fingerprint density at radius 1 is 0.431 bits per heavy atom. The number of hydrogen-bond donors (Lipinski definition) is 0. The van der Waals surface area contributed by atoms with Crippen molar-refractivity contribution in [3.05, 3.63) is 180 Å². The fourth-order valence-electron chi connectivity index (χ4n) is 6.60. The summed E-state index contributed by atoms with van der Waals surface area (Å²) >= 11 is 0. The molecule has 0 fully saturated rings. The number of para-hydroxylation sites is 1. The summed E-state index contributed by atoms with van der Waals surface area (Å²) in [7, 11) is 0. The van der Waals surface area contributed by atoms with Crippen molar-refractivity contribution >= 4 is 38.9 Å². The Morgan fingerprint density at radius 3 is 1.53 bits per heavy atom. The van der Waals surface area contributed by atoms with Crippen molar-refractivity contribution in [2.24, 2.45) is 0 Å². The largest absolute Gasteiger partial charge is 0.311 e. The van der Waals surface area contributed by atoms with E-state index in [4.69, 9.17) is 0 Å². The molecular formula is C43H26F6N2. The zero-order chi connectivity index (χ0) is 35.4. The number of benzene rings is 7. The maximum atomic E-state index is 14.6. The van der Waals surface area contributed by atoms with E-state index in [-0.39, 0.29) is 5.56 Å². The molecule has 8 rings (SSSR count). The molecule has 0 saturated heterocycles. The van der Waals surface area contributed by atoms with Gasteiger partial charge in [0.25, 0.3) is 0 Å². The second-order valence-electron chi connectivity index (χ2n) is 12.3. The molecule has 8 heteroatoms. The standard InChI is InChI=1S/C43H26F6N2/c1-25-6-15-33(16-7-25)51-36-5-3-2-4-34(36)35-24-28(12-23-37(35)51)26-8-17-30(18-9-26)50(32-21-13-29(44)14-22-32)31-19-10-27(11-20-31)38-39(45)41(47)43(49)42(48)40(38)46/h2-24H,1H3. The number of aryl methyl sites for hydroxylation is 1. The summed E-state index contributed by atoms with van der Waals surface area (Å²) in [5, 5.41) is 2.23. The van der Waals surface area contributed by atoms with Gasteiger partial charge in [-0.25, -0.2) is 26.3 Å². The molecule has 0 atom stereocenters. The van der Waals surface area contributed by atoms with Gasteiger partial charge in [0.05, 0.1) is 16.6 Å². The average Bonchev–Trinajstić information content (AvgIpc) is 3.49. The van der Waals surface area contributed by atoms with E-state index < -0.39 is 40.5 Å². The highest BCUT2D eigenvalue weighted by Gasteiger charge is 2.27. The van der Waals surface area contributed by atoms with Crippen LogP contribution >= 0.6 is 0 Å². The molecule has 2 nitrogen and oxygen atoms in total. The highest BCUT2D eigenvalue weighted by atomic mass is 19.2. The second kappa shape index (κ2) is 12.6. The summed E-state index contributed by atoms with van der Waals surface area (Å²) < 4.78 is 86.9. The van der Waals surface area contributed by atoms with E-state index in [0.29, 0.717) is 17.1 Å². The molecule has 0 radical (unpaired) electrons. The summed E-state index contributed by atoms with van der Waals surface area (Å²) in [5.41, 5.74) is 6.96. The first kappa shape index (κ1) is 32.0. The van der Waals surface area contributed by atoms with E-state index in [1.807, 2.05) is 36.4 Å². The van der Waals surface area contributed by atoms with Gasteiger partial charge in [0.2, 0.25) is 5.82 Å². The summed E-state index contributed by atoms with van der Waals surface area (Å²) in [5.74, 6) is -10.5. The molecule has 0 amide bonds. The van der Waals surface area contributed by atoms with Crippen molar-refractivity contribution in [1.82, 2.24) is 4.57 Å². The zero-order valence-corrected chi connectivity index (χ0v) is 26.9. The van der Waals surface area contributed by atoms with Crippen LogP contribution in [0.15, 0.2) is 140 Å². The molecule has 1 aromatic heterocycles. The minimum absolute atomic E-state index is 0.194. The molecule has 0 spiro atoms. The molecular weight excluding hydrogens is 658 g/mol. The SMILES string of the molecule is Cc1ccc(-n2c3ccccc3c3cc(-c4ccc(N(c5ccc(F)cc5)c5ccc(-c6c(F)c(F)c(F)c(F)c6F)cc5)cc4)ccc32)cc1. The number of hydrogen-bond acceptors (Lipinski definition) is 1. The van der Waals surface area contributed by atoms with Gasteiger partial charge >= 0.3 is 0 Å². The Bertz CT molecular complexity index is 2550. The third kappa shape index (κ3) is 5.49. The van der Waals surface area contributed by atoms with E-state index in [9.17, 15) is 26.3 Å². The predicted molar refractivity (Wildman–Crippen MR) is 191 cm³/mol. The van der Waals surface area contributed by atoms with E-state index in [0.717, 1.165) is 38.6 Å². The third-order valence-electron chi connectivity index (χ3n) is 9.13. The van der Waals surface area contributed by atoms with Crippen molar-refractivity contribution in [3.63, 3.8) is 0 Å². The summed E-state index contributed by atoms with van der Waals surface area (Å²) in [4.78, 5) is 1.80. The Balaban J connectivity index is 1.18. The van der Waals surface area contributed by atoms with E-state index >= 15 is 0 Å². The van der Waals surface area contributed by atoms with Crippen molar-refractivity contribution in [3.8, 4) is 27.9 Å². The van der Waals surface area contributed by atoms with E-state index in [2.05, 4.69) is 66.1 Å². The number of aromatic nitrogens is 1. The minimum Gasteiger partial charge on any atom is -0.311 e. The lowest BCUT2D eigenvalue weighted by atomic mass is 10.0. The minimum atomic E-state index is -2.22. The van der Waals surface area contributed by atoms with Crippen molar-refractivity contribution in [1.29, 1.82) is 0 Å². The Labute approximate surface area is 289 Å². The highest BCUT2D eigenvalue weighted by molar-refractivity contribution is 6.10. The summed E-state index contributed by atoms with van der Waals surface area (Å²) in [6, 6.07) is 42.2. The molecule has 0 aliphatic carbocycles. The van der Waals surface area contributed by atoms with Gasteiger partial charge in [-0.05, 0) is 102 Å². The van der Waals surface area contributed by atoms with Crippen LogP contribution in [0.4, 0.5) is 43.4 Å². The van der Waals surface area contributed by atoms with Gasteiger partial charge in [-0.3, -0.25) is 0 Å². The van der Waals surface area contributed by atoms with Crippen LogP contribution in [0.1, 0.15) is 5.56 Å². The highest BCUT2D eigenvalue weighted by Crippen LogP contribution is 2.39. The van der Waals surface area contributed by atoms with E-state index in [1.54, 1.807) is 17.0 Å². The Hall–Kier alpha value is -6.28. The summed E-state index contributed by atoms with van der Waals surface area (Å²) in [6.45, 7) is 2.06. The number of fused-ring (bicyclic) bond motifs is 3. The van der Waals surface area contributed by atoms with Crippen LogP contribution in [-0.4, -0.2) is 4.57 Å². The van der Waals surface area contributed by atoms with Gasteiger partial charge in [0.15, 0.2) is 23.3 Å². The molecule has 0 unspecified atom stereocenters. The van der Waals surface area contributed by atoms with Gasteiger partial charge < -0.3 is 9.47 Å². The first-order valence-corrected chi connectivity index (χ1v) is 16.1. The van der Waals surface area contributed by atoms with Crippen LogP contribution in [0.3, 0.4) is 0 Å². The van der Waals surface area contributed by atoms with Crippen LogP contribution < -0.4 is 4.90 Å². The molecule has 0 N–H and O–H groups in total. The second-order valence-corrected chi connectivity index (χ2v) is 12.3. The molecule has 0 bridgehead atoms. The Morgan fingerprint density at radius 2 is 0.922 bits per heavy atom. The molecule has 51 heavy (non-hydrogen) atoms. The molecule has 8 aromatic rings. The monoisotopic (exact) mass is 684 g/mol. The molecule has 0 saturated carbocycles. The van der Waals surface area contributed by atoms with Crippen molar-refractivity contribution < 1.29 is 26.3 Å². The number of anilines is 3. The topological polar surface area (TPSA) is 8.17 Å². The van der Waals surface area contributed by atoms with Gasteiger partial charge in [0.1, 0.15) is 5.82 Å². The fraction of sp³-hybridized carbons (Fsp3) is 0.0233. The number of nitrogens with zero attached hydrogens (tertiary/aromatic N) is 2. The lowest BCUT2D eigenvalue weighted by molar-refractivity contribution is 0.381. The third-order valence-corrected chi connectivity index (χ3v) is 9.13. The maximum Gasteiger partial charge on any atom is 0.200 e. The summed E-state index contributed by atoms with van der Waals surface area (Å²) in [6.07, 6.45) is 0. The lowest BCUT2D eigenvalue weighted by Gasteiger charge is -2.26. The van der Waals surface area contributed by atoms with Crippen molar-refractivity contribution in [2.75, 3.05) is 4.90 Å². The average molecular weight is 685 g/mol. The molecule has 1 heterocycles. The van der Waals surface area contributed by atoms with Crippen LogP contribution in [0.25, 0.3) is 49.7 Å². The van der Waals surface area contributed by atoms with E-state index in [1.165, 1.54) is 42.0 Å². The van der Waals surface area contributed by atoms with Crippen molar-refractivity contribution in [2.45, 2.75) is 6.92 Å². The van der Waals surface area contributed by atoms with Crippen LogP contribution in [-0.2, 0) is 0 Å². The van der Waals surface area contributed by atoms with Gasteiger partial charge in [-0.1, -0.05) is 66.2 Å². The predicted octanol–water partition coefficient (Wildman–Crippen LogP) is 12.7. The first-order chi connectivity index (χ1) is 24.7. The molecule has 7 aromatic carbocycles. The Kier molecular flexibility index (Phi) is 7.87. The lowest BCUT2D eigenvalue weighted by Crippen LogP contribution is -2.10. The first-order valence-electron chi connectivity index (χ1n) is 16.1. The smallest absolute Gasteiger partial charge is 0.200 e. The van der Waals surface area contributed by atoms with Crippen LogP contribution in [0.2, 0.25) is 0 Å². The van der Waals surface area contributed by atoms with Gasteiger partial charge in [-0.2, -0.15) is 0 Å². The number of halogens is 6. The maximum absolute atomic E-state index is 14.6. The van der Waals surface area contributed by atoms with Crippen LogP contribution in [0.5, 0.6) is 0 Å². The quantitative estimate of drug-likeness (QED) is 0.0962. The van der Waals surface area contributed by atoms with Gasteiger partial charge in [0, 0.05) is 33.5 Å². The normalized spacial score (nSPS) is 11.4. The number of rotatable bonds is 6. The zero-order valence-electron chi connectivity index (χ0n) is 26.9. The van der Waals surface area contributed by atoms with Gasteiger partial charge in [-0.15, -0.1) is 0 Å². The molecule has 250 valence electrons. The fourth-order valence-corrected chi connectivity index (χ4v) is 6.60.